The molecule has 0 fully saturated rings. The lowest BCUT2D eigenvalue weighted by Crippen LogP contribution is -2.13. The van der Waals surface area contributed by atoms with Gasteiger partial charge >= 0.3 is 5.97 Å². The highest BCUT2D eigenvalue weighted by molar-refractivity contribution is 6.05. The summed E-state index contributed by atoms with van der Waals surface area (Å²) in [6.07, 6.45) is 2.69. The molecule has 2 aromatic carbocycles. The van der Waals surface area contributed by atoms with E-state index in [2.05, 4.69) is 5.32 Å². The first-order valence-corrected chi connectivity index (χ1v) is 8.51. The van der Waals surface area contributed by atoms with E-state index in [0.29, 0.717) is 39.8 Å². The Morgan fingerprint density at radius 3 is 2.03 bits per heavy atom. The number of carbonyl (C=O) groups excluding carboxylic acids is 2. The molecular formula is C21H19NO7. The van der Waals surface area contributed by atoms with Gasteiger partial charge < -0.3 is 28.7 Å². The van der Waals surface area contributed by atoms with E-state index in [1.54, 1.807) is 36.4 Å². The van der Waals surface area contributed by atoms with E-state index in [1.807, 2.05) is 0 Å². The van der Waals surface area contributed by atoms with Gasteiger partial charge in [0.05, 0.1) is 33.2 Å². The van der Waals surface area contributed by atoms with E-state index in [4.69, 9.17) is 23.4 Å². The van der Waals surface area contributed by atoms with Gasteiger partial charge in [0.1, 0.15) is 12.0 Å². The van der Waals surface area contributed by atoms with E-state index >= 15 is 0 Å². The second-order valence-corrected chi connectivity index (χ2v) is 5.79. The van der Waals surface area contributed by atoms with Crippen LogP contribution in [0.2, 0.25) is 0 Å². The number of carbonyl (C=O) groups is 2. The summed E-state index contributed by atoms with van der Waals surface area (Å²) in [5.74, 6) is 0.578. The topological polar surface area (TPSA) is 96.2 Å². The van der Waals surface area contributed by atoms with Crippen LogP contribution in [0.5, 0.6) is 23.0 Å². The number of methoxy groups -OCH3 is 3. The molecule has 1 aromatic heterocycles. The molecule has 0 saturated carbocycles. The number of amides is 1. The van der Waals surface area contributed by atoms with E-state index in [1.165, 1.54) is 39.9 Å². The molecule has 8 heteroatoms. The van der Waals surface area contributed by atoms with Crippen LogP contribution in [0.1, 0.15) is 20.7 Å². The van der Waals surface area contributed by atoms with Crippen molar-refractivity contribution < 1.29 is 33.0 Å². The van der Waals surface area contributed by atoms with Crippen molar-refractivity contribution in [3.63, 3.8) is 0 Å². The molecule has 29 heavy (non-hydrogen) atoms. The Balaban J connectivity index is 1.71. The third-order valence-electron chi connectivity index (χ3n) is 4.01. The molecule has 0 aliphatic heterocycles. The summed E-state index contributed by atoms with van der Waals surface area (Å²) >= 11 is 0. The molecule has 1 heterocycles. The molecule has 1 amide bonds. The fourth-order valence-electron chi connectivity index (χ4n) is 2.57. The third kappa shape index (κ3) is 4.49. The molecule has 0 aliphatic carbocycles. The molecule has 150 valence electrons. The fraction of sp³-hybridized carbons (Fsp3) is 0.143. The predicted octanol–water partition coefficient (Wildman–Crippen LogP) is 3.78. The van der Waals surface area contributed by atoms with Crippen molar-refractivity contribution in [3.05, 3.63) is 66.1 Å². The number of furan rings is 1. The highest BCUT2D eigenvalue weighted by Gasteiger charge is 2.17. The molecular weight excluding hydrogens is 378 g/mol. The van der Waals surface area contributed by atoms with E-state index < -0.39 is 5.97 Å². The molecule has 3 aromatic rings. The first-order valence-electron chi connectivity index (χ1n) is 8.51. The van der Waals surface area contributed by atoms with Gasteiger partial charge in [-0.1, -0.05) is 0 Å². The number of rotatable bonds is 7. The lowest BCUT2D eigenvalue weighted by Gasteiger charge is -2.14. The van der Waals surface area contributed by atoms with Crippen LogP contribution in [-0.4, -0.2) is 33.2 Å². The first-order chi connectivity index (χ1) is 14.0. The summed E-state index contributed by atoms with van der Waals surface area (Å²) in [7, 11) is 4.44. The zero-order chi connectivity index (χ0) is 20.8. The Bertz CT molecular complexity index is 969. The molecule has 8 nitrogen and oxygen atoms in total. The number of nitrogens with one attached hydrogen (secondary N) is 1. The number of hydrogen-bond acceptors (Lipinski definition) is 7. The van der Waals surface area contributed by atoms with Crippen LogP contribution >= 0.6 is 0 Å². The van der Waals surface area contributed by atoms with Crippen molar-refractivity contribution in [2.45, 2.75) is 0 Å². The maximum atomic E-state index is 12.6. The van der Waals surface area contributed by atoms with Gasteiger partial charge in [-0.2, -0.15) is 0 Å². The number of esters is 1. The Hall–Kier alpha value is -3.94. The summed E-state index contributed by atoms with van der Waals surface area (Å²) in [4.78, 5) is 24.5. The Kier molecular flexibility index (Phi) is 6.03. The summed E-state index contributed by atoms with van der Waals surface area (Å²) in [6.45, 7) is 0. The molecule has 0 atom stereocenters. The molecule has 3 rings (SSSR count). The van der Waals surface area contributed by atoms with Gasteiger partial charge in [-0.25, -0.2) is 4.79 Å². The normalized spacial score (nSPS) is 10.2. The summed E-state index contributed by atoms with van der Waals surface area (Å²) in [6, 6.07) is 11.0. The second-order valence-electron chi connectivity index (χ2n) is 5.79. The van der Waals surface area contributed by atoms with Crippen LogP contribution in [0.15, 0.2) is 59.4 Å². The van der Waals surface area contributed by atoms with Crippen LogP contribution in [0.4, 0.5) is 5.69 Å². The number of hydrogen-bond donors (Lipinski definition) is 1. The van der Waals surface area contributed by atoms with E-state index in [-0.39, 0.29) is 5.91 Å². The van der Waals surface area contributed by atoms with Crippen molar-refractivity contribution in [2.75, 3.05) is 26.6 Å². The maximum absolute atomic E-state index is 12.6. The minimum absolute atomic E-state index is 0.310. The minimum atomic E-state index is -0.534. The maximum Gasteiger partial charge on any atom is 0.346 e. The van der Waals surface area contributed by atoms with Crippen molar-refractivity contribution in [1.82, 2.24) is 0 Å². The van der Waals surface area contributed by atoms with Gasteiger partial charge in [0.25, 0.3) is 5.91 Å². The molecule has 0 aliphatic rings. The quantitative estimate of drug-likeness (QED) is 0.479. The minimum Gasteiger partial charge on any atom is -0.493 e. The smallest absolute Gasteiger partial charge is 0.346 e. The van der Waals surface area contributed by atoms with Crippen molar-refractivity contribution in [2.24, 2.45) is 0 Å². The lowest BCUT2D eigenvalue weighted by atomic mass is 10.1. The Morgan fingerprint density at radius 1 is 0.862 bits per heavy atom. The highest BCUT2D eigenvalue weighted by Crippen LogP contribution is 2.38. The zero-order valence-electron chi connectivity index (χ0n) is 16.1. The monoisotopic (exact) mass is 397 g/mol. The van der Waals surface area contributed by atoms with Crippen LogP contribution < -0.4 is 24.3 Å². The van der Waals surface area contributed by atoms with Crippen molar-refractivity contribution in [3.8, 4) is 23.0 Å². The average Bonchev–Trinajstić information content (AvgIpc) is 3.29. The molecule has 0 radical (unpaired) electrons. The Labute approximate surface area is 166 Å². The van der Waals surface area contributed by atoms with Crippen LogP contribution in [0.3, 0.4) is 0 Å². The van der Waals surface area contributed by atoms with Crippen molar-refractivity contribution >= 4 is 17.6 Å². The van der Waals surface area contributed by atoms with Gasteiger partial charge in [-0.3, -0.25) is 4.79 Å². The largest absolute Gasteiger partial charge is 0.493 e. The van der Waals surface area contributed by atoms with E-state index in [0.717, 1.165) is 0 Å². The number of anilines is 1. The van der Waals surface area contributed by atoms with E-state index in [9.17, 15) is 9.59 Å². The average molecular weight is 397 g/mol. The summed E-state index contributed by atoms with van der Waals surface area (Å²) < 4.78 is 25.9. The van der Waals surface area contributed by atoms with Gasteiger partial charge in [-0.15, -0.1) is 0 Å². The molecule has 1 N–H and O–H groups in total. The Morgan fingerprint density at radius 2 is 1.52 bits per heavy atom. The van der Waals surface area contributed by atoms with Gasteiger partial charge in [0.15, 0.2) is 11.5 Å². The first kappa shape index (κ1) is 19.8. The number of benzene rings is 2. The van der Waals surface area contributed by atoms with Crippen LogP contribution in [0, 0.1) is 0 Å². The number of ether oxygens (including phenoxy) is 4. The SMILES string of the molecule is COc1cc(C(=O)Nc2ccc(OC(=O)c3ccoc3)cc2)cc(OC)c1OC. The molecule has 0 bridgehead atoms. The second kappa shape index (κ2) is 8.83. The molecule has 0 spiro atoms. The highest BCUT2D eigenvalue weighted by atomic mass is 16.5. The molecule has 0 unspecified atom stereocenters. The summed E-state index contributed by atoms with van der Waals surface area (Å²) in [5, 5.41) is 2.76. The van der Waals surface area contributed by atoms with Crippen molar-refractivity contribution in [1.29, 1.82) is 0 Å². The third-order valence-corrected chi connectivity index (χ3v) is 4.01. The predicted molar refractivity (Wildman–Crippen MR) is 104 cm³/mol. The summed E-state index contributed by atoms with van der Waals surface area (Å²) in [5.41, 5.74) is 1.16. The lowest BCUT2D eigenvalue weighted by molar-refractivity contribution is 0.0733. The van der Waals surface area contributed by atoms with Crippen LogP contribution in [0.25, 0.3) is 0 Å². The van der Waals surface area contributed by atoms with Gasteiger partial charge in [-0.05, 0) is 42.5 Å². The standard InChI is InChI=1S/C21H19NO7/c1-25-17-10-14(11-18(26-2)19(17)27-3)20(23)22-15-4-6-16(7-5-15)29-21(24)13-8-9-28-12-13/h4-12H,1-3H3,(H,22,23). The fourth-order valence-corrected chi connectivity index (χ4v) is 2.57. The van der Waals surface area contributed by atoms with Gasteiger partial charge in [0, 0.05) is 11.3 Å². The zero-order valence-corrected chi connectivity index (χ0v) is 16.1. The molecule has 0 saturated heterocycles. The van der Waals surface area contributed by atoms with Crippen LogP contribution in [-0.2, 0) is 0 Å². The van der Waals surface area contributed by atoms with Gasteiger partial charge in [0.2, 0.25) is 5.75 Å².